The van der Waals surface area contributed by atoms with Crippen molar-refractivity contribution in [2.75, 3.05) is 0 Å². The normalized spacial score (nSPS) is 32.8. The standard InChI is InChI=1S/C39H42N4O/c1-3-10-26(11-4-1)37-40-38(27-12-5-2-6-13-27)42-39(41-37)28-20-18-25(19-21-28)29-22-23-32-31(24-29)30-14-9-17-35-36(30)43(32)33-15-7-8-16-34(33)44-35/h1-6,10-13,18-21,29-36H,7-9,14-17,22-24H2. The van der Waals surface area contributed by atoms with E-state index in [9.17, 15) is 0 Å². The zero-order valence-corrected chi connectivity index (χ0v) is 25.5. The molecule has 3 saturated carbocycles. The van der Waals surface area contributed by atoms with E-state index in [1.807, 2.05) is 36.4 Å². The summed E-state index contributed by atoms with van der Waals surface area (Å²) in [5, 5.41) is 0. The lowest BCUT2D eigenvalue weighted by atomic mass is 9.68. The van der Waals surface area contributed by atoms with Crippen LogP contribution in [0.2, 0.25) is 0 Å². The first-order chi connectivity index (χ1) is 21.8. The van der Waals surface area contributed by atoms with Gasteiger partial charge in [-0.2, -0.15) is 0 Å². The maximum absolute atomic E-state index is 6.86. The zero-order valence-electron chi connectivity index (χ0n) is 25.5. The summed E-state index contributed by atoms with van der Waals surface area (Å²) in [6.45, 7) is 0. The van der Waals surface area contributed by atoms with Crippen LogP contribution >= 0.6 is 0 Å². The molecule has 5 fully saturated rings. The SMILES string of the molecule is c1ccc(-c2nc(-c3ccccc3)nc(-c3ccc(C4CCC5C(C4)C4CCCC6OC7CCCCC7N5C64)cc3)n2)cc1. The van der Waals surface area contributed by atoms with Crippen molar-refractivity contribution < 1.29 is 4.74 Å². The molecule has 2 saturated heterocycles. The van der Waals surface area contributed by atoms with Crippen LogP contribution in [-0.2, 0) is 4.74 Å². The van der Waals surface area contributed by atoms with Gasteiger partial charge in [0.05, 0.1) is 12.2 Å². The summed E-state index contributed by atoms with van der Waals surface area (Å²) in [4.78, 5) is 17.8. The number of aromatic nitrogens is 3. The molecule has 3 aliphatic carbocycles. The third-order valence-corrected chi connectivity index (χ3v) is 11.7. The average Bonchev–Trinajstić information content (AvgIpc) is 3.44. The van der Waals surface area contributed by atoms with E-state index >= 15 is 0 Å². The van der Waals surface area contributed by atoms with Crippen LogP contribution in [-0.4, -0.2) is 50.2 Å². The van der Waals surface area contributed by atoms with Gasteiger partial charge in [-0.3, -0.25) is 4.90 Å². The molecule has 0 spiro atoms. The van der Waals surface area contributed by atoms with E-state index < -0.39 is 0 Å². The minimum Gasteiger partial charge on any atom is -0.372 e. The highest BCUT2D eigenvalue weighted by molar-refractivity contribution is 5.66. The average molecular weight is 583 g/mol. The molecule has 8 atom stereocenters. The second kappa shape index (κ2) is 11.2. The Balaban J connectivity index is 0.993. The third-order valence-electron chi connectivity index (χ3n) is 11.7. The lowest BCUT2D eigenvalue weighted by Crippen LogP contribution is -2.63. The van der Waals surface area contributed by atoms with Gasteiger partial charge in [-0.15, -0.1) is 0 Å². The van der Waals surface area contributed by atoms with Crippen LogP contribution in [0, 0.1) is 11.8 Å². The fraction of sp³-hybridized carbons (Fsp3) is 0.462. The minimum atomic E-state index is 0.485. The molecule has 5 aliphatic rings. The van der Waals surface area contributed by atoms with Gasteiger partial charge in [-0.25, -0.2) is 15.0 Å². The van der Waals surface area contributed by atoms with E-state index in [2.05, 4.69) is 53.4 Å². The number of hydrogen-bond acceptors (Lipinski definition) is 5. The number of ether oxygens (including phenoxy) is 1. The Hall–Kier alpha value is -3.41. The molecule has 8 unspecified atom stereocenters. The van der Waals surface area contributed by atoms with E-state index in [1.54, 1.807) is 0 Å². The molecule has 2 aliphatic heterocycles. The number of nitrogens with zero attached hydrogens (tertiary/aromatic N) is 4. The molecule has 44 heavy (non-hydrogen) atoms. The van der Waals surface area contributed by atoms with Crippen molar-refractivity contribution in [2.45, 2.75) is 100 Å². The molecule has 5 nitrogen and oxygen atoms in total. The predicted octanol–water partition coefficient (Wildman–Crippen LogP) is 8.32. The summed E-state index contributed by atoms with van der Waals surface area (Å²) in [5.74, 6) is 4.43. The highest BCUT2D eigenvalue weighted by atomic mass is 16.5. The first kappa shape index (κ1) is 26.9. The van der Waals surface area contributed by atoms with Crippen molar-refractivity contribution in [3.8, 4) is 34.2 Å². The van der Waals surface area contributed by atoms with Crippen molar-refractivity contribution in [3.63, 3.8) is 0 Å². The van der Waals surface area contributed by atoms with E-state index in [0.29, 0.717) is 41.9 Å². The van der Waals surface area contributed by atoms with Crippen LogP contribution in [0.25, 0.3) is 34.2 Å². The molecule has 9 rings (SSSR count). The number of morpholine rings is 1. The first-order valence-corrected chi connectivity index (χ1v) is 17.2. The smallest absolute Gasteiger partial charge is 0.164 e. The Morgan fingerprint density at radius 2 is 1.14 bits per heavy atom. The minimum absolute atomic E-state index is 0.485. The number of benzene rings is 3. The second-order valence-corrected chi connectivity index (χ2v) is 14.0. The van der Waals surface area contributed by atoms with Gasteiger partial charge in [0.1, 0.15) is 0 Å². The molecule has 4 aromatic rings. The van der Waals surface area contributed by atoms with E-state index in [4.69, 9.17) is 19.7 Å². The molecule has 0 amide bonds. The number of fused-ring (bicyclic) bond motifs is 5. The van der Waals surface area contributed by atoms with Gasteiger partial charge in [0.2, 0.25) is 0 Å². The molecule has 5 heteroatoms. The van der Waals surface area contributed by atoms with Gasteiger partial charge in [-0.1, -0.05) is 104 Å². The number of hydrogen-bond donors (Lipinski definition) is 0. The fourth-order valence-corrected chi connectivity index (χ4v) is 9.86. The molecular weight excluding hydrogens is 540 g/mol. The van der Waals surface area contributed by atoms with Gasteiger partial charge in [0.15, 0.2) is 17.5 Å². The topological polar surface area (TPSA) is 51.1 Å². The van der Waals surface area contributed by atoms with Crippen LogP contribution < -0.4 is 0 Å². The molecular formula is C39H42N4O. The second-order valence-electron chi connectivity index (χ2n) is 14.0. The summed E-state index contributed by atoms with van der Waals surface area (Å²) < 4.78 is 6.86. The van der Waals surface area contributed by atoms with Gasteiger partial charge in [0.25, 0.3) is 0 Å². The van der Waals surface area contributed by atoms with Gasteiger partial charge >= 0.3 is 0 Å². The quantitative estimate of drug-likeness (QED) is 0.242. The van der Waals surface area contributed by atoms with E-state index in [1.165, 1.54) is 69.8 Å². The monoisotopic (exact) mass is 582 g/mol. The highest BCUT2D eigenvalue weighted by Gasteiger charge is 2.59. The lowest BCUT2D eigenvalue weighted by Gasteiger charge is -2.53. The molecule has 224 valence electrons. The van der Waals surface area contributed by atoms with Crippen LogP contribution in [0.15, 0.2) is 84.9 Å². The fourth-order valence-electron chi connectivity index (χ4n) is 9.86. The molecule has 0 radical (unpaired) electrons. The van der Waals surface area contributed by atoms with Gasteiger partial charge in [0, 0.05) is 34.8 Å². The van der Waals surface area contributed by atoms with Gasteiger partial charge < -0.3 is 4.74 Å². The van der Waals surface area contributed by atoms with Crippen LogP contribution in [0.1, 0.15) is 75.7 Å². The zero-order chi connectivity index (χ0) is 29.0. The Kier molecular flexibility index (Phi) is 6.85. The number of rotatable bonds is 4. The Labute approximate surface area is 261 Å². The van der Waals surface area contributed by atoms with Crippen molar-refractivity contribution in [3.05, 3.63) is 90.5 Å². The molecule has 1 aromatic heterocycles. The summed E-state index contributed by atoms with van der Waals surface area (Å²) in [6.07, 6.45) is 14.3. The van der Waals surface area contributed by atoms with Crippen molar-refractivity contribution in [1.29, 1.82) is 0 Å². The largest absolute Gasteiger partial charge is 0.372 e. The van der Waals surface area contributed by atoms with Crippen molar-refractivity contribution in [1.82, 2.24) is 19.9 Å². The Bertz CT molecular complexity index is 1550. The lowest BCUT2D eigenvalue weighted by molar-refractivity contribution is -0.177. The molecule has 0 N–H and O–H groups in total. The maximum atomic E-state index is 6.86. The highest BCUT2D eigenvalue weighted by Crippen LogP contribution is 2.56. The Morgan fingerprint density at radius 3 is 1.82 bits per heavy atom. The molecule has 0 bridgehead atoms. The first-order valence-electron chi connectivity index (χ1n) is 17.2. The molecule has 3 heterocycles. The summed E-state index contributed by atoms with van der Waals surface area (Å²) in [7, 11) is 0. The summed E-state index contributed by atoms with van der Waals surface area (Å²) in [6, 6.07) is 31.8. The predicted molar refractivity (Wildman–Crippen MR) is 174 cm³/mol. The van der Waals surface area contributed by atoms with Crippen LogP contribution in [0.4, 0.5) is 0 Å². The van der Waals surface area contributed by atoms with Crippen LogP contribution in [0.3, 0.4) is 0 Å². The van der Waals surface area contributed by atoms with Crippen molar-refractivity contribution in [2.24, 2.45) is 11.8 Å². The van der Waals surface area contributed by atoms with Crippen molar-refractivity contribution >= 4 is 0 Å². The summed E-state index contributed by atoms with van der Waals surface area (Å²) >= 11 is 0. The Morgan fingerprint density at radius 1 is 0.523 bits per heavy atom. The van der Waals surface area contributed by atoms with Gasteiger partial charge in [-0.05, 0) is 68.3 Å². The van der Waals surface area contributed by atoms with E-state index in [0.717, 1.165) is 40.4 Å². The molecule has 3 aromatic carbocycles. The van der Waals surface area contributed by atoms with Crippen LogP contribution in [0.5, 0.6) is 0 Å². The van der Waals surface area contributed by atoms with E-state index in [-0.39, 0.29) is 0 Å². The summed E-state index contributed by atoms with van der Waals surface area (Å²) in [5.41, 5.74) is 4.54. The maximum Gasteiger partial charge on any atom is 0.164 e. The third kappa shape index (κ3) is 4.62.